The average molecular weight is 611 g/mol. The highest BCUT2D eigenvalue weighted by Gasteiger charge is 2.63. The van der Waals surface area contributed by atoms with E-state index in [1.165, 1.54) is 39.6 Å². The summed E-state index contributed by atoms with van der Waals surface area (Å²) in [6, 6.07) is 48.7. The fraction of sp³-hybridized carbons (Fsp3) is 0.171. The van der Waals surface area contributed by atoms with E-state index in [1.54, 1.807) is 0 Å². The topological polar surface area (TPSA) is 38.7 Å². The minimum absolute atomic E-state index is 0.0233. The van der Waals surface area contributed by atoms with Crippen molar-refractivity contribution in [2.75, 3.05) is 19.6 Å². The molecule has 0 aliphatic carbocycles. The number of anilines is 8. The smallest absolute Gasteiger partial charge is 0.178 e. The predicted molar refractivity (Wildman–Crippen MR) is 190 cm³/mol. The van der Waals surface area contributed by atoms with Gasteiger partial charge in [0.2, 0.25) is 0 Å². The lowest BCUT2D eigenvalue weighted by Gasteiger charge is -2.55. The summed E-state index contributed by atoms with van der Waals surface area (Å²) in [5.74, 6) is 2.11. The number of fused-ring (bicyclic) bond motifs is 10. The number of nitrogens with zero attached hydrogens (tertiary/aromatic N) is 6. The van der Waals surface area contributed by atoms with Gasteiger partial charge < -0.3 is 19.6 Å². The van der Waals surface area contributed by atoms with Gasteiger partial charge in [0.1, 0.15) is 12.3 Å². The van der Waals surface area contributed by atoms with Crippen LogP contribution < -0.4 is 19.6 Å². The van der Waals surface area contributed by atoms with Crippen molar-refractivity contribution in [3.8, 4) is 0 Å². The van der Waals surface area contributed by atoms with Gasteiger partial charge in [-0.1, -0.05) is 98.8 Å². The van der Waals surface area contributed by atoms with Crippen LogP contribution in [-0.2, 0) is 5.41 Å². The maximum Gasteiger partial charge on any atom is 0.178 e. The van der Waals surface area contributed by atoms with Crippen LogP contribution in [0.25, 0.3) is 0 Å². The summed E-state index contributed by atoms with van der Waals surface area (Å²) in [6.45, 7) is 4.98. The fourth-order valence-electron chi connectivity index (χ4n) is 9.23. The van der Waals surface area contributed by atoms with E-state index in [4.69, 9.17) is 9.97 Å². The summed E-state index contributed by atoms with van der Waals surface area (Å²) in [5.41, 5.74) is 9.78. The molecule has 0 spiro atoms. The molecule has 5 unspecified atom stereocenters. The third-order valence-corrected chi connectivity index (χ3v) is 11.3. The first-order chi connectivity index (χ1) is 23.2. The largest absolute Gasteiger partial charge is 0.318 e. The van der Waals surface area contributed by atoms with E-state index >= 15 is 0 Å². The second-order valence-electron chi connectivity index (χ2n) is 13.3. The van der Waals surface area contributed by atoms with E-state index in [0.717, 1.165) is 17.3 Å². The van der Waals surface area contributed by atoms with Crippen LogP contribution in [0.1, 0.15) is 30.9 Å². The van der Waals surface area contributed by atoms with Crippen molar-refractivity contribution in [1.82, 2.24) is 9.97 Å². The maximum atomic E-state index is 4.97. The van der Waals surface area contributed by atoms with Crippen molar-refractivity contribution in [2.45, 2.75) is 37.5 Å². The van der Waals surface area contributed by atoms with Gasteiger partial charge in [-0.05, 0) is 59.7 Å². The summed E-state index contributed by atoms with van der Waals surface area (Å²) in [4.78, 5) is 20.0. The Bertz CT molecular complexity index is 2140. The molecule has 5 heterocycles. The molecule has 47 heavy (non-hydrogen) atoms. The molecule has 0 fully saturated rings. The zero-order valence-electron chi connectivity index (χ0n) is 26.3. The molecule has 6 heteroatoms. The lowest BCUT2D eigenvalue weighted by atomic mass is 9.58. The summed E-state index contributed by atoms with van der Waals surface area (Å²) in [5, 5.41) is 0. The Balaban J connectivity index is 1.24. The third-order valence-electron chi connectivity index (χ3n) is 11.3. The highest BCUT2D eigenvalue weighted by atomic mass is 15.5. The van der Waals surface area contributed by atoms with Gasteiger partial charge in [0.05, 0.1) is 11.4 Å². The molecule has 4 aliphatic rings. The third kappa shape index (κ3) is 3.39. The van der Waals surface area contributed by atoms with Crippen LogP contribution in [0.4, 0.5) is 45.8 Å². The Morgan fingerprint density at radius 2 is 1.00 bits per heavy atom. The van der Waals surface area contributed by atoms with Gasteiger partial charge in [-0.15, -0.1) is 0 Å². The normalized spacial score (nSPS) is 24.7. The van der Waals surface area contributed by atoms with Crippen molar-refractivity contribution in [1.29, 1.82) is 0 Å². The molecule has 10 rings (SSSR count). The van der Waals surface area contributed by atoms with Gasteiger partial charge in [0, 0.05) is 52.4 Å². The molecule has 6 aromatic rings. The zero-order chi connectivity index (χ0) is 31.3. The van der Waals surface area contributed by atoms with Gasteiger partial charge >= 0.3 is 0 Å². The standard InChI is InChI=1S/C41H34N6/c1-27-39-45(29-17-7-4-8-18-29)37-38(43-26-25-42-37)47(39)33-22-12-10-20-31(33)41(27,2)36-30-19-9-11-21-32(30)46-35-24-14-13-23-34(35)44(40(36)46)28-15-5-3-6-16-28/h3-27,36,39-40H,1-2H3. The zero-order valence-corrected chi connectivity index (χ0v) is 26.3. The second-order valence-corrected chi connectivity index (χ2v) is 13.3. The van der Waals surface area contributed by atoms with Crippen LogP contribution in [0, 0.1) is 5.92 Å². The average Bonchev–Trinajstić information content (AvgIpc) is 3.77. The number of para-hydroxylation sites is 6. The Morgan fingerprint density at radius 3 is 1.68 bits per heavy atom. The number of hydrogen-bond acceptors (Lipinski definition) is 6. The summed E-state index contributed by atoms with van der Waals surface area (Å²) in [6.07, 6.45) is 3.67. The van der Waals surface area contributed by atoms with Crippen molar-refractivity contribution in [3.63, 3.8) is 0 Å². The molecular weight excluding hydrogens is 576 g/mol. The number of rotatable bonds is 3. The van der Waals surface area contributed by atoms with Gasteiger partial charge in [0.25, 0.3) is 0 Å². The first-order valence-electron chi connectivity index (χ1n) is 16.5. The van der Waals surface area contributed by atoms with Crippen LogP contribution in [0.2, 0.25) is 0 Å². The lowest BCUT2D eigenvalue weighted by molar-refractivity contribution is 0.202. The first-order valence-corrected chi connectivity index (χ1v) is 16.5. The van der Waals surface area contributed by atoms with Crippen LogP contribution in [0.15, 0.2) is 146 Å². The van der Waals surface area contributed by atoms with E-state index in [-0.39, 0.29) is 29.6 Å². The second kappa shape index (κ2) is 9.69. The Hall–Kier alpha value is -5.62. The van der Waals surface area contributed by atoms with Crippen molar-refractivity contribution >= 4 is 45.8 Å². The predicted octanol–water partition coefficient (Wildman–Crippen LogP) is 9.41. The number of benzene rings is 5. The lowest BCUT2D eigenvalue weighted by Crippen LogP contribution is -2.59. The molecule has 0 amide bonds. The van der Waals surface area contributed by atoms with Crippen LogP contribution >= 0.6 is 0 Å². The molecule has 4 aliphatic heterocycles. The van der Waals surface area contributed by atoms with E-state index in [2.05, 4.69) is 167 Å². The van der Waals surface area contributed by atoms with Crippen molar-refractivity contribution in [3.05, 3.63) is 157 Å². The monoisotopic (exact) mass is 610 g/mol. The Labute approximate surface area is 275 Å². The van der Waals surface area contributed by atoms with E-state index in [1.807, 2.05) is 12.4 Å². The SMILES string of the molecule is CC1C2N(c3ccccc3)c3nccnc3N2c2ccccc2C1(C)C1c2ccccc2N2c3ccccc3N(c3ccccc3)C12. The van der Waals surface area contributed by atoms with Gasteiger partial charge in [-0.25, -0.2) is 9.97 Å². The van der Waals surface area contributed by atoms with Crippen molar-refractivity contribution < 1.29 is 0 Å². The molecule has 0 N–H and O–H groups in total. The molecule has 6 nitrogen and oxygen atoms in total. The van der Waals surface area contributed by atoms with Crippen LogP contribution in [-0.4, -0.2) is 22.3 Å². The molecule has 1 aromatic heterocycles. The summed E-state index contributed by atoms with van der Waals surface area (Å²) >= 11 is 0. The summed E-state index contributed by atoms with van der Waals surface area (Å²) in [7, 11) is 0. The molecular formula is C41H34N6. The minimum atomic E-state index is -0.294. The highest BCUT2D eigenvalue weighted by Crippen LogP contribution is 2.66. The highest BCUT2D eigenvalue weighted by molar-refractivity contribution is 5.93. The van der Waals surface area contributed by atoms with Gasteiger partial charge in [0.15, 0.2) is 11.6 Å². The van der Waals surface area contributed by atoms with Crippen LogP contribution in [0.5, 0.6) is 0 Å². The number of hydrogen-bond donors (Lipinski definition) is 0. The number of aromatic nitrogens is 2. The van der Waals surface area contributed by atoms with Gasteiger partial charge in [-0.2, -0.15) is 0 Å². The molecule has 0 bridgehead atoms. The van der Waals surface area contributed by atoms with E-state index in [0.29, 0.717) is 0 Å². The molecule has 5 atom stereocenters. The Kier molecular flexibility index (Phi) is 5.48. The molecule has 0 saturated carbocycles. The minimum Gasteiger partial charge on any atom is -0.318 e. The maximum absolute atomic E-state index is 4.97. The summed E-state index contributed by atoms with van der Waals surface area (Å²) < 4.78 is 0. The van der Waals surface area contributed by atoms with E-state index in [9.17, 15) is 0 Å². The fourth-order valence-corrected chi connectivity index (χ4v) is 9.23. The quantitative estimate of drug-likeness (QED) is 0.199. The molecule has 228 valence electrons. The van der Waals surface area contributed by atoms with Crippen molar-refractivity contribution in [2.24, 2.45) is 5.92 Å². The molecule has 0 radical (unpaired) electrons. The van der Waals surface area contributed by atoms with E-state index < -0.39 is 0 Å². The van der Waals surface area contributed by atoms with Gasteiger partial charge in [-0.3, -0.25) is 0 Å². The molecule has 5 aromatic carbocycles. The Morgan fingerprint density at radius 1 is 0.489 bits per heavy atom. The van der Waals surface area contributed by atoms with Crippen LogP contribution in [0.3, 0.4) is 0 Å². The molecule has 0 saturated heterocycles. The first kappa shape index (κ1) is 26.6.